The number of fused-ring (bicyclic) bond motifs is 3. The number of ether oxygens (including phenoxy) is 1. The summed E-state index contributed by atoms with van der Waals surface area (Å²) in [6.45, 7) is 0.658. The summed E-state index contributed by atoms with van der Waals surface area (Å²) >= 11 is 0. The molecule has 1 amide bonds. The molecule has 3 aliphatic heterocycles. The second kappa shape index (κ2) is 7.08. The molecule has 3 aromatic rings. The third-order valence-electron chi connectivity index (χ3n) is 6.32. The van der Waals surface area contributed by atoms with Crippen LogP contribution in [0.25, 0.3) is 11.6 Å². The first-order chi connectivity index (χ1) is 15.9. The van der Waals surface area contributed by atoms with Crippen molar-refractivity contribution < 1.29 is 22.7 Å². The first-order valence-electron chi connectivity index (χ1n) is 10.6. The molecule has 1 aromatic heterocycles. The molecule has 33 heavy (non-hydrogen) atoms. The van der Waals surface area contributed by atoms with E-state index in [1.807, 2.05) is 24.3 Å². The number of carbonyl (C=O) groups is 2. The third-order valence-corrected chi connectivity index (χ3v) is 8.13. The SMILES string of the molecule is O=C1Nc2ccc(S(=O)(=O)N3CCc4ccccc43)cc2C1=Cc1[nH]cc2c1CCOC2=O. The van der Waals surface area contributed by atoms with Crippen LogP contribution in [0, 0.1) is 0 Å². The first-order valence-corrected chi connectivity index (χ1v) is 12.0. The number of rotatable bonds is 3. The standard InChI is InChI=1S/C24H19N3O5S/c28-23-18(12-21-16-8-10-32-24(29)19(16)13-25-21)17-11-15(5-6-20(17)26-23)33(30,31)27-9-7-14-3-1-2-4-22(14)27/h1-6,11-13,25H,7-10H2,(H,26,28). The van der Waals surface area contributed by atoms with Gasteiger partial charge in [0.2, 0.25) is 0 Å². The largest absolute Gasteiger partial charge is 0.462 e. The Morgan fingerprint density at radius 3 is 2.76 bits per heavy atom. The van der Waals surface area contributed by atoms with Gasteiger partial charge in [-0.3, -0.25) is 9.10 Å². The smallest absolute Gasteiger partial charge is 0.339 e. The minimum absolute atomic E-state index is 0.123. The Morgan fingerprint density at radius 2 is 1.88 bits per heavy atom. The van der Waals surface area contributed by atoms with Crippen LogP contribution in [-0.2, 0) is 32.4 Å². The number of aromatic nitrogens is 1. The molecule has 0 saturated heterocycles. The summed E-state index contributed by atoms with van der Waals surface area (Å²) in [6, 6.07) is 12.1. The summed E-state index contributed by atoms with van der Waals surface area (Å²) in [4.78, 5) is 27.8. The summed E-state index contributed by atoms with van der Waals surface area (Å²) in [7, 11) is -3.80. The maximum atomic E-state index is 13.5. The number of hydrogen-bond donors (Lipinski definition) is 2. The van der Waals surface area contributed by atoms with Gasteiger partial charge in [0, 0.05) is 36.1 Å². The highest BCUT2D eigenvalue weighted by molar-refractivity contribution is 7.92. The van der Waals surface area contributed by atoms with Gasteiger partial charge in [0.1, 0.15) is 0 Å². The van der Waals surface area contributed by atoms with E-state index in [4.69, 9.17) is 4.74 Å². The summed E-state index contributed by atoms with van der Waals surface area (Å²) in [5, 5.41) is 2.79. The predicted molar refractivity (Wildman–Crippen MR) is 122 cm³/mol. The summed E-state index contributed by atoms with van der Waals surface area (Å²) in [5.41, 5.74) is 4.96. The Kier molecular flexibility index (Phi) is 4.25. The molecule has 0 saturated carbocycles. The Morgan fingerprint density at radius 1 is 1.03 bits per heavy atom. The quantitative estimate of drug-likeness (QED) is 0.461. The van der Waals surface area contributed by atoms with Crippen LogP contribution in [0.4, 0.5) is 11.4 Å². The number of esters is 1. The number of hydrogen-bond acceptors (Lipinski definition) is 5. The molecule has 6 rings (SSSR count). The molecule has 166 valence electrons. The van der Waals surface area contributed by atoms with Crippen molar-refractivity contribution in [3.05, 3.63) is 76.6 Å². The van der Waals surface area contributed by atoms with Crippen LogP contribution in [0.3, 0.4) is 0 Å². The van der Waals surface area contributed by atoms with Gasteiger partial charge in [0.05, 0.1) is 28.3 Å². The van der Waals surface area contributed by atoms with Crippen molar-refractivity contribution in [1.82, 2.24) is 4.98 Å². The van der Waals surface area contributed by atoms with Gasteiger partial charge in [0.15, 0.2) is 0 Å². The van der Waals surface area contributed by atoms with Crippen LogP contribution in [0.15, 0.2) is 53.6 Å². The molecule has 2 aromatic carbocycles. The second-order valence-corrected chi connectivity index (χ2v) is 10.0. The number of sulfonamides is 1. The van der Waals surface area contributed by atoms with Gasteiger partial charge in [-0.15, -0.1) is 0 Å². The molecule has 0 aliphatic carbocycles. The van der Waals surface area contributed by atoms with Gasteiger partial charge in [0.25, 0.3) is 15.9 Å². The lowest BCUT2D eigenvalue weighted by molar-refractivity contribution is -0.110. The van der Waals surface area contributed by atoms with E-state index in [-0.39, 0.29) is 17.4 Å². The lowest BCUT2D eigenvalue weighted by Crippen LogP contribution is -2.29. The molecule has 0 bridgehead atoms. The molecule has 0 fully saturated rings. The predicted octanol–water partition coefficient (Wildman–Crippen LogP) is 2.97. The van der Waals surface area contributed by atoms with Gasteiger partial charge in [-0.05, 0) is 47.9 Å². The van der Waals surface area contributed by atoms with E-state index in [1.54, 1.807) is 24.4 Å². The van der Waals surface area contributed by atoms with E-state index in [0.29, 0.717) is 53.2 Å². The second-order valence-electron chi connectivity index (χ2n) is 8.16. The maximum absolute atomic E-state index is 13.5. The van der Waals surface area contributed by atoms with Gasteiger partial charge < -0.3 is 15.0 Å². The van der Waals surface area contributed by atoms with Crippen molar-refractivity contribution >= 4 is 44.9 Å². The average Bonchev–Trinajstić information content (AvgIpc) is 3.50. The number of para-hydroxylation sites is 1. The number of carbonyl (C=O) groups excluding carboxylic acids is 2. The summed E-state index contributed by atoms with van der Waals surface area (Å²) < 4.78 is 33.4. The number of anilines is 2. The van der Waals surface area contributed by atoms with Crippen LogP contribution in [0.1, 0.15) is 32.7 Å². The molecule has 0 atom stereocenters. The zero-order chi connectivity index (χ0) is 22.7. The number of H-pyrrole nitrogens is 1. The van der Waals surface area contributed by atoms with E-state index in [1.165, 1.54) is 10.4 Å². The fourth-order valence-corrected chi connectivity index (χ4v) is 6.20. The molecule has 3 aliphatic rings. The van der Waals surface area contributed by atoms with Crippen molar-refractivity contribution in [2.45, 2.75) is 17.7 Å². The van der Waals surface area contributed by atoms with Crippen LogP contribution < -0.4 is 9.62 Å². The van der Waals surface area contributed by atoms with Crippen molar-refractivity contribution in [2.75, 3.05) is 22.8 Å². The van der Waals surface area contributed by atoms with Gasteiger partial charge >= 0.3 is 5.97 Å². The summed E-state index contributed by atoms with van der Waals surface area (Å²) in [6.07, 6.45) is 4.44. The van der Waals surface area contributed by atoms with E-state index in [2.05, 4.69) is 10.3 Å². The Bertz CT molecular complexity index is 1490. The van der Waals surface area contributed by atoms with Crippen LogP contribution in [-0.4, -0.2) is 38.4 Å². The topological polar surface area (TPSA) is 109 Å². The van der Waals surface area contributed by atoms with Crippen molar-refractivity contribution in [3.63, 3.8) is 0 Å². The monoisotopic (exact) mass is 461 g/mol. The third kappa shape index (κ3) is 3.00. The highest BCUT2D eigenvalue weighted by Gasteiger charge is 2.33. The molecule has 0 radical (unpaired) electrons. The molecule has 0 spiro atoms. The minimum Gasteiger partial charge on any atom is -0.462 e. The van der Waals surface area contributed by atoms with Crippen LogP contribution in [0.5, 0.6) is 0 Å². The van der Waals surface area contributed by atoms with Gasteiger partial charge in [-0.1, -0.05) is 18.2 Å². The first kappa shape index (κ1) is 19.8. The zero-order valence-corrected chi connectivity index (χ0v) is 18.2. The number of aromatic amines is 1. The molecule has 4 heterocycles. The van der Waals surface area contributed by atoms with Crippen molar-refractivity contribution in [1.29, 1.82) is 0 Å². The molecular weight excluding hydrogens is 442 g/mol. The highest BCUT2D eigenvalue weighted by atomic mass is 32.2. The number of amides is 1. The average molecular weight is 461 g/mol. The maximum Gasteiger partial charge on any atom is 0.339 e. The van der Waals surface area contributed by atoms with E-state index in [9.17, 15) is 18.0 Å². The lowest BCUT2D eigenvalue weighted by Gasteiger charge is -2.20. The Labute approximate surface area is 189 Å². The van der Waals surface area contributed by atoms with E-state index >= 15 is 0 Å². The number of nitrogens with one attached hydrogen (secondary N) is 2. The zero-order valence-electron chi connectivity index (χ0n) is 17.4. The van der Waals surface area contributed by atoms with E-state index < -0.39 is 16.0 Å². The highest BCUT2D eigenvalue weighted by Crippen LogP contribution is 2.38. The Balaban J connectivity index is 1.42. The van der Waals surface area contributed by atoms with Crippen LogP contribution >= 0.6 is 0 Å². The van der Waals surface area contributed by atoms with Gasteiger partial charge in [-0.25, -0.2) is 13.2 Å². The molecular formula is C24H19N3O5S. The lowest BCUT2D eigenvalue weighted by atomic mass is 10.0. The minimum atomic E-state index is -3.80. The molecule has 9 heteroatoms. The van der Waals surface area contributed by atoms with Crippen molar-refractivity contribution in [2.24, 2.45) is 0 Å². The fraction of sp³-hybridized carbons (Fsp3) is 0.167. The molecule has 2 N–H and O–H groups in total. The summed E-state index contributed by atoms with van der Waals surface area (Å²) in [5.74, 6) is -0.722. The van der Waals surface area contributed by atoms with Crippen molar-refractivity contribution in [3.8, 4) is 0 Å². The van der Waals surface area contributed by atoms with Crippen LogP contribution in [0.2, 0.25) is 0 Å². The number of cyclic esters (lactones) is 1. The fourth-order valence-electron chi connectivity index (χ4n) is 4.67. The number of benzene rings is 2. The normalized spacial score (nSPS) is 18.1. The molecule has 0 unspecified atom stereocenters. The number of nitrogens with zero attached hydrogens (tertiary/aromatic N) is 1. The van der Waals surface area contributed by atoms with Gasteiger partial charge in [-0.2, -0.15) is 0 Å². The van der Waals surface area contributed by atoms with E-state index in [0.717, 1.165) is 11.1 Å². The molecule has 8 nitrogen and oxygen atoms in total. The Hall–Kier alpha value is -3.85.